The van der Waals surface area contributed by atoms with E-state index >= 15 is 0 Å². The van der Waals surface area contributed by atoms with Gasteiger partial charge in [0.15, 0.2) is 0 Å². The van der Waals surface area contributed by atoms with E-state index < -0.39 is 0 Å². The topological polar surface area (TPSA) is 87.1 Å². The Balaban J connectivity index is 0.00000151. The fourth-order valence-electron chi connectivity index (χ4n) is 2.07. The third-order valence-corrected chi connectivity index (χ3v) is 3.46. The van der Waals surface area contributed by atoms with Crippen LogP contribution in [0.15, 0.2) is 36.5 Å². The molecule has 6 nitrogen and oxygen atoms in total. The lowest BCUT2D eigenvalue weighted by atomic mass is 10.1. The summed E-state index contributed by atoms with van der Waals surface area (Å²) in [5.41, 5.74) is 2.50. The van der Waals surface area contributed by atoms with Crippen LogP contribution in [0, 0.1) is 5.41 Å². The number of carbonyl (C=O) groups is 1. The van der Waals surface area contributed by atoms with Crippen molar-refractivity contribution in [2.24, 2.45) is 0 Å². The summed E-state index contributed by atoms with van der Waals surface area (Å²) >= 11 is 3.19. The summed E-state index contributed by atoms with van der Waals surface area (Å²) in [4.78, 5) is 16.0. The summed E-state index contributed by atoms with van der Waals surface area (Å²) in [6, 6.07) is 8.78. The Kier molecular flexibility index (Phi) is 8.63. The summed E-state index contributed by atoms with van der Waals surface area (Å²) in [5, 5.41) is 14.0. The van der Waals surface area contributed by atoms with E-state index in [0.29, 0.717) is 29.2 Å². The van der Waals surface area contributed by atoms with Crippen molar-refractivity contribution in [2.75, 3.05) is 24.3 Å². The van der Waals surface area contributed by atoms with Crippen LogP contribution in [0.1, 0.15) is 36.7 Å². The van der Waals surface area contributed by atoms with Crippen LogP contribution < -0.4 is 10.6 Å². The smallest absolute Gasteiger partial charge is 0.338 e. The van der Waals surface area contributed by atoms with Crippen molar-refractivity contribution < 1.29 is 9.53 Å². The number of carbonyl (C=O) groups excluding carboxylic acids is 1. The number of ether oxygens (including phenoxy) is 1. The lowest BCUT2D eigenvalue weighted by Crippen LogP contribution is -2.07. The zero-order chi connectivity index (χ0) is 18.8. The molecule has 0 saturated carbocycles. The van der Waals surface area contributed by atoms with Crippen LogP contribution in [0.5, 0.6) is 0 Å². The van der Waals surface area contributed by atoms with Crippen molar-refractivity contribution in [1.29, 1.82) is 5.41 Å². The first-order valence-corrected chi connectivity index (χ1v) is 8.81. The van der Waals surface area contributed by atoms with Gasteiger partial charge in [0, 0.05) is 18.9 Å². The van der Waals surface area contributed by atoms with E-state index in [1.165, 1.54) is 0 Å². The predicted molar refractivity (Wildman–Crippen MR) is 107 cm³/mol. The molecule has 0 spiro atoms. The van der Waals surface area contributed by atoms with E-state index in [4.69, 9.17) is 10.1 Å². The standard InChI is InChI=1S/C16H17BrN4O2.C2H6/c1-3-23-16(22)10-5-4-6-11(9-10)21-12-7-8-20-15(19-2)13(12)14(17)18;1-2/h4-9,18H,3H2,1-2H3,(H2,19,20,21);1-2H3. The van der Waals surface area contributed by atoms with Crippen molar-refractivity contribution in [3.05, 3.63) is 47.7 Å². The van der Waals surface area contributed by atoms with Gasteiger partial charge in [-0.1, -0.05) is 19.9 Å². The van der Waals surface area contributed by atoms with Crippen molar-refractivity contribution in [3.63, 3.8) is 0 Å². The van der Waals surface area contributed by atoms with E-state index in [9.17, 15) is 4.79 Å². The van der Waals surface area contributed by atoms with Crippen molar-refractivity contribution in [1.82, 2.24) is 4.98 Å². The van der Waals surface area contributed by atoms with Crippen LogP contribution in [0.4, 0.5) is 17.2 Å². The van der Waals surface area contributed by atoms with Gasteiger partial charge < -0.3 is 15.4 Å². The first-order chi connectivity index (χ1) is 12.1. The first-order valence-electron chi connectivity index (χ1n) is 8.02. The molecule has 1 aromatic heterocycles. The number of hydrogen-bond acceptors (Lipinski definition) is 6. The molecule has 134 valence electrons. The fraction of sp³-hybridized carbons (Fsp3) is 0.278. The molecular formula is C18H23BrN4O2. The Morgan fingerprint density at radius 1 is 1.32 bits per heavy atom. The maximum atomic E-state index is 11.8. The molecule has 0 amide bonds. The number of nitrogens with zero attached hydrogens (tertiary/aromatic N) is 1. The van der Waals surface area contributed by atoms with Crippen LogP contribution in [0.3, 0.4) is 0 Å². The molecule has 0 aliphatic carbocycles. The molecule has 0 unspecified atom stereocenters. The second-order valence-corrected chi connectivity index (χ2v) is 5.37. The van der Waals surface area contributed by atoms with E-state index in [1.54, 1.807) is 44.4 Å². The van der Waals surface area contributed by atoms with Gasteiger partial charge in [0.25, 0.3) is 0 Å². The van der Waals surface area contributed by atoms with Gasteiger partial charge in [-0.25, -0.2) is 9.78 Å². The van der Waals surface area contributed by atoms with Gasteiger partial charge in [-0.05, 0) is 47.1 Å². The molecule has 2 aromatic rings. The number of anilines is 3. The Labute approximate surface area is 156 Å². The number of pyridine rings is 1. The second kappa shape index (κ2) is 10.5. The summed E-state index contributed by atoms with van der Waals surface area (Å²) in [6.07, 6.45) is 1.64. The lowest BCUT2D eigenvalue weighted by molar-refractivity contribution is 0.0526. The van der Waals surface area contributed by atoms with Crippen LogP contribution in [-0.4, -0.2) is 29.2 Å². The normalized spacial score (nSPS) is 9.48. The van der Waals surface area contributed by atoms with Crippen LogP contribution in [0.2, 0.25) is 0 Å². The Morgan fingerprint density at radius 2 is 2.04 bits per heavy atom. The van der Waals surface area contributed by atoms with Gasteiger partial charge in [-0.3, -0.25) is 5.41 Å². The maximum absolute atomic E-state index is 11.8. The average Bonchev–Trinajstić information content (AvgIpc) is 2.63. The number of nitrogens with one attached hydrogen (secondary N) is 3. The largest absolute Gasteiger partial charge is 0.462 e. The van der Waals surface area contributed by atoms with Crippen LogP contribution >= 0.6 is 15.9 Å². The minimum Gasteiger partial charge on any atom is -0.462 e. The van der Waals surface area contributed by atoms with E-state index in [-0.39, 0.29) is 10.6 Å². The van der Waals surface area contributed by atoms with Gasteiger partial charge in [0.1, 0.15) is 10.4 Å². The molecule has 3 N–H and O–H groups in total. The zero-order valence-corrected chi connectivity index (χ0v) is 16.4. The van der Waals surface area contributed by atoms with Gasteiger partial charge in [0.05, 0.1) is 23.4 Å². The van der Waals surface area contributed by atoms with Crippen molar-refractivity contribution in [2.45, 2.75) is 20.8 Å². The number of halogens is 1. The molecular weight excluding hydrogens is 384 g/mol. The molecule has 0 aliphatic heterocycles. The van der Waals surface area contributed by atoms with Crippen molar-refractivity contribution in [3.8, 4) is 0 Å². The number of hydrogen-bond donors (Lipinski definition) is 3. The molecule has 2 rings (SSSR count). The first kappa shape index (κ1) is 20.6. The Bertz CT molecular complexity index is 735. The SMILES string of the molecule is CC.CCOC(=O)c1cccc(Nc2ccnc(NC)c2C(=N)Br)c1. The molecule has 0 radical (unpaired) electrons. The van der Waals surface area contributed by atoms with E-state index in [2.05, 4.69) is 31.5 Å². The van der Waals surface area contributed by atoms with Gasteiger partial charge >= 0.3 is 5.97 Å². The molecule has 0 fully saturated rings. The highest BCUT2D eigenvalue weighted by molar-refractivity contribution is 9.18. The summed E-state index contributed by atoms with van der Waals surface area (Å²) < 4.78 is 5.21. The third kappa shape index (κ3) is 5.56. The molecule has 0 bridgehead atoms. The number of rotatable bonds is 6. The molecule has 7 heteroatoms. The zero-order valence-electron chi connectivity index (χ0n) is 14.8. The monoisotopic (exact) mass is 406 g/mol. The predicted octanol–water partition coefficient (Wildman–Crippen LogP) is 4.79. The average molecular weight is 407 g/mol. The number of esters is 1. The Hall–Kier alpha value is -2.41. The minimum atomic E-state index is -0.366. The molecule has 1 aromatic carbocycles. The van der Waals surface area contributed by atoms with Gasteiger partial charge in [-0.2, -0.15) is 0 Å². The number of benzene rings is 1. The minimum absolute atomic E-state index is 0.207. The third-order valence-electron chi connectivity index (χ3n) is 3.06. The molecule has 0 saturated heterocycles. The Morgan fingerprint density at radius 3 is 2.64 bits per heavy atom. The molecule has 1 heterocycles. The summed E-state index contributed by atoms with van der Waals surface area (Å²) in [6.45, 7) is 6.10. The molecule has 0 atom stereocenters. The fourth-order valence-corrected chi connectivity index (χ4v) is 2.47. The number of aromatic nitrogens is 1. The molecule has 0 aliphatic rings. The van der Waals surface area contributed by atoms with Crippen molar-refractivity contribution >= 4 is 43.7 Å². The van der Waals surface area contributed by atoms with Crippen LogP contribution in [-0.2, 0) is 4.74 Å². The van der Waals surface area contributed by atoms with E-state index in [1.807, 2.05) is 19.9 Å². The van der Waals surface area contributed by atoms with E-state index in [0.717, 1.165) is 5.69 Å². The highest BCUT2D eigenvalue weighted by atomic mass is 79.9. The van der Waals surface area contributed by atoms with Gasteiger partial charge in [-0.15, -0.1) is 0 Å². The highest BCUT2D eigenvalue weighted by Gasteiger charge is 2.13. The highest BCUT2D eigenvalue weighted by Crippen LogP contribution is 2.27. The quantitative estimate of drug-likeness (QED) is 0.474. The maximum Gasteiger partial charge on any atom is 0.338 e. The van der Waals surface area contributed by atoms with Gasteiger partial charge in [0.2, 0.25) is 0 Å². The summed E-state index contributed by atoms with van der Waals surface area (Å²) in [7, 11) is 1.74. The second-order valence-electron chi connectivity index (χ2n) is 4.57. The van der Waals surface area contributed by atoms with Crippen LogP contribution in [0.25, 0.3) is 0 Å². The summed E-state index contributed by atoms with van der Waals surface area (Å²) in [5.74, 6) is 0.216. The molecule has 25 heavy (non-hydrogen) atoms. The lowest BCUT2D eigenvalue weighted by Gasteiger charge is -2.14.